The average Bonchev–Trinajstić information content (AvgIpc) is 2.80. The minimum Gasteiger partial charge on any atom is -0.423 e. The third kappa shape index (κ3) is 3.33. The van der Waals surface area contributed by atoms with E-state index < -0.39 is 4.92 Å². The molecule has 0 aliphatic heterocycles. The van der Waals surface area contributed by atoms with Gasteiger partial charge in [0.15, 0.2) is 11.1 Å². The Bertz CT molecular complexity index is 636. The Labute approximate surface area is 115 Å². The number of para-hydroxylation sites is 1. The zero-order chi connectivity index (χ0) is 14.5. The van der Waals surface area contributed by atoms with Gasteiger partial charge in [-0.1, -0.05) is 18.2 Å². The first kappa shape index (κ1) is 14.0. The van der Waals surface area contributed by atoms with E-state index >= 15 is 0 Å². The van der Waals surface area contributed by atoms with Crippen LogP contribution in [0, 0.1) is 10.1 Å². The molecule has 0 aliphatic carbocycles. The Balaban J connectivity index is 2.00. The SMILES string of the molecule is C=C(C)COCCNc1nc2c([N+](=O)[O-])cccc2o1. The smallest absolute Gasteiger partial charge is 0.298 e. The summed E-state index contributed by atoms with van der Waals surface area (Å²) in [5, 5.41) is 13.8. The molecular formula is C13H15N3O4. The van der Waals surface area contributed by atoms with Crippen LogP contribution in [0.3, 0.4) is 0 Å². The number of nitrogens with zero attached hydrogens (tertiary/aromatic N) is 2. The van der Waals surface area contributed by atoms with Crippen LogP contribution < -0.4 is 5.32 Å². The van der Waals surface area contributed by atoms with Crippen molar-refractivity contribution in [2.75, 3.05) is 25.1 Å². The number of benzene rings is 1. The van der Waals surface area contributed by atoms with Crippen LogP contribution in [-0.2, 0) is 4.74 Å². The van der Waals surface area contributed by atoms with Crippen molar-refractivity contribution in [2.24, 2.45) is 0 Å². The van der Waals surface area contributed by atoms with Crippen LogP contribution in [-0.4, -0.2) is 29.7 Å². The van der Waals surface area contributed by atoms with Crippen molar-refractivity contribution in [3.63, 3.8) is 0 Å². The molecule has 1 heterocycles. The number of ether oxygens (including phenoxy) is 1. The Hall–Kier alpha value is -2.41. The van der Waals surface area contributed by atoms with Crippen LogP contribution in [0.5, 0.6) is 0 Å². The first-order chi connectivity index (χ1) is 9.58. The molecule has 0 spiro atoms. The number of hydrogen-bond donors (Lipinski definition) is 1. The molecule has 106 valence electrons. The number of hydrogen-bond acceptors (Lipinski definition) is 6. The van der Waals surface area contributed by atoms with Gasteiger partial charge in [-0.05, 0) is 13.0 Å². The molecule has 0 saturated heterocycles. The van der Waals surface area contributed by atoms with Gasteiger partial charge in [-0.25, -0.2) is 0 Å². The second-order valence-corrected chi connectivity index (χ2v) is 4.34. The third-order valence-electron chi connectivity index (χ3n) is 2.47. The second-order valence-electron chi connectivity index (χ2n) is 4.34. The lowest BCUT2D eigenvalue weighted by molar-refractivity contribution is -0.383. The van der Waals surface area contributed by atoms with Gasteiger partial charge < -0.3 is 14.5 Å². The number of nitro benzene ring substituents is 1. The summed E-state index contributed by atoms with van der Waals surface area (Å²) in [4.78, 5) is 14.5. The molecule has 0 fully saturated rings. The number of non-ortho nitro benzene ring substituents is 1. The predicted octanol–water partition coefficient (Wildman–Crippen LogP) is 2.74. The topological polar surface area (TPSA) is 90.4 Å². The monoisotopic (exact) mass is 277 g/mol. The number of oxazole rings is 1. The lowest BCUT2D eigenvalue weighted by Crippen LogP contribution is -2.10. The number of rotatable bonds is 7. The molecule has 0 bridgehead atoms. The first-order valence-electron chi connectivity index (χ1n) is 6.08. The van der Waals surface area contributed by atoms with Crippen molar-refractivity contribution in [1.82, 2.24) is 4.98 Å². The van der Waals surface area contributed by atoms with E-state index in [1.54, 1.807) is 12.1 Å². The van der Waals surface area contributed by atoms with Gasteiger partial charge in [-0.3, -0.25) is 10.1 Å². The zero-order valence-corrected chi connectivity index (χ0v) is 11.1. The van der Waals surface area contributed by atoms with E-state index in [4.69, 9.17) is 9.15 Å². The molecule has 7 nitrogen and oxygen atoms in total. The quantitative estimate of drug-likeness (QED) is 0.362. The largest absolute Gasteiger partial charge is 0.423 e. The highest BCUT2D eigenvalue weighted by atomic mass is 16.6. The standard InChI is InChI=1S/C13H15N3O4/c1-9(2)8-19-7-6-14-13-15-12-10(16(17)18)4-3-5-11(12)20-13/h3-5H,1,6-8H2,2H3,(H,14,15). The molecule has 20 heavy (non-hydrogen) atoms. The summed E-state index contributed by atoms with van der Waals surface area (Å²) in [6.45, 7) is 7.07. The maximum atomic E-state index is 10.9. The van der Waals surface area contributed by atoms with Gasteiger partial charge in [0.2, 0.25) is 0 Å². The molecule has 1 aromatic carbocycles. The molecule has 2 aromatic rings. The summed E-state index contributed by atoms with van der Waals surface area (Å²) < 4.78 is 10.7. The number of nitro groups is 1. The van der Waals surface area contributed by atoms with Crippen LogP contribution in [0.15, 0.2) is 34.8 Å². The van der Waals surface area contributed by atoms with E-state index in [1.165, 1.54) is 6.07 Å². The van der Waals surface area contributed by atoms with Crippen LogP contribution in [0.25, 0.3) is 11.1 Å². The molecule has 0 amide bonds. The number of fused-ring (bicyclic) bond motifs is 1. The van der Waals surface area contributed by atoms with Crippen LogP contribution in [0.1, 0.15) is 6.92 Å². The molecule has 1 N–H and O–H groups in total. The highest BCUT2D eigenvalue weighted by Crippen LogP contribution is 2.27. The number of nitrogens with one attached hydrogen (secondary N) is 1. The summed E-state index contributed by atoms with van der Waals surface area (Å²) >= 11 is 0. The summed E-state index contributed by atoms with van der Waals surface area (Å²) in [6, 6.07) is 4.84. The van der Waals surface area contributed by atoms with Gasteiger partial charge in [0.1, 0.15) is 0 Å². The summed E-state index contributed by atoms with van der Waals surface area (Å²) in [5.41, 5.74) is 1.49. The van der Waals surface area contributed by atoms with E-state index in [-0.39, 0.29) is 17.2 Å². The average molecular weight is 277 g/mol. The maximum Gasteiger partial charge on any atom is 0.298 e. The van der Waals surface area contributed by atoms with Gasteiger partial charge in [-0.15, -0.1) is 0 Å². The van der Waals surface area contributed by atoms with Crippen molar-refractivity contribution in [3.05, 3.63) is 40.5 Å². The highest BCUT2D eigenvalue weighted by molar-refractivity contribution is 5.83. The Morgan fingerprint density at radius 1 is 1.60 bits per heavy atom. The van der Waals surface area contributed by atoms with Crippen molar-refractivity contribution >= 4 is 22.8 Å². The number of aromatic nitrogens is 1. The van der Waals surface area contributed by atoms with Crippen molar-refractivity contribution < 1.29 is 14.1 Å². The van der Waals surface area contributed by atoms with Gasteiger partial charge >= 0.3 is 0 Å². The Kier molecular flexibility index (Phi) is 4.31. The van der Waals surface area contributed by atoms with Crippen molar-refractivity contribution in [3.8, 4) is 0 Å². The molecule has 0 unspecified atom stereocenters. The lowest BCUT2D eigenvalue weighted by Gasteiger charge is -2.03. The first-order valence-corrected chi connectivity index (χ1v) is 6.08. The van der Waals surface area contributed by atoms with E-state index in [0.717, 1.165) is 5.57 Å². The Morgan fingerprint density at radius 2 is 2.40 bits per heavy atom. The zero-order valence-electron chi connectivity index (χ0n) is 11.1. The summed E-state index contributed by atoms with van der Waals surface area (Å²) in [7, 11) is 0. The molecule has 0 atom stereocenters. The van der Waals surface area contributed by atoms with Gasteiger partial charge in [0.25, 0.3) is 11.7 Å². The molecule has 0 aliphatic rings. The predicted molar refractivity (Wildman–Crippen MR) is 74.8 cm³/mol. The molecular weight excluding hydrogens is 262 g/mol. The molecule has 7 heteroatoms. The van der Waals surface area contributed by atoms with E-state index in [1.807, 2.05) is 6.92 Å². The second kappa shape index (κ2) is 6.16. The van der Waals surface area contributed by atoms with Crippen molar-refractivity contribution in [2.45, 2.75) is 6.92 Å². The molecule has 0 saturated carbocycles. The molecule has 1 aromatic heterocycles. The van der Waals surface area contributed by atoms with Gasteiger partial charge in [0.05, 0.1) is 18.1 Å². The molecule has 2 rings (SSSR count). The van der Waals surface area contributed by atoms with Crippen molar-refractivity contribution in [1.29, 1.82) is 0 Å². The van der Waals surface area contributed by atoms with Crippen LogP contribution in [0.4, 0.5) is 11.7 Å². The summed E-state index contributed by atoms with van der Waals surface area (Å²) in [6.07, 6.45) is 0. The van der Waals surface area contributed by atoms with E-state index in [9.17, 15) is 10.1 Å². The van der Waals surface area contributed by atoms with Crippen LogP contribution >= 0.6 is 0 Å². The molecule has 0 radical (unpaired) electrons. The number of anilines is 1. The Morgan fingerprint density at radius 3 is 3.10 bits per heavy atom. The highest BCUT2D eigenvalue weighted by Gasteiger charge is 2.16. The van der Waals surface area contributed by atoms with E-state index in [2.05, 4.69) is 16.9 Å². The third-order valence-corrected chi connectivity index (χ3v) is 2.47. The van der Waals surface area contributed by atoms with Crippen LogP contribution in [0.2, 0.25) is 0 Å². The fourth-order valence-corrected chi connectivity index (χ4v) is 1.63. The normalized spacial score (nSPS) is 10.7. The van der Waals surface area contributed by atoms with E-state index in [0.29, 0.717) is 25.3 Å². The lowest BCUT2D eigenvalue weighted by atomic mass is 10.3. The summed E-state index contributed by atoms with van der Waals surface area (Å²) in [5.74, 6) is 0. The minimum atomic E-state index is -0.482. The fourth-order valence-electron chi connectivity index (χ4n) is 1.63. The van der Waals surface area contributed by atoms with Gasteiger partial charge in [0, 0.05) is 12.6 Å². The van der Waals surface area contributed by atoms with Gasteiger partial charge in [-0.2, -0.15) is 4.98 Å². The maximum absolute atomic E-state index is 10.9. The fraction of sp³-hybridized carbons (Fsp3) is 0.308. The minimum absolute atomic E-state index is 0.0715.